The summed E-state index contributed by atoms with van der Waals surface area (Å²) in [6, 6.07) is 12.4. The van der Waals surface area contributed by atoms with E-state index in [0.29, 0.717) is 0 Å². The summed E-state index contributed by atoms with van der Waals surface area (Å²) >= 11 is 0. The second-order valence-electron chi connectivity index (χ2n) is 5.19. The van der Waals surface area contributed by atoms with Crippen LogP contribution in [0.2, 0.25) is 0 Å². The molecule has 0 saturated heterocycles. The highest BCUT2D eigenvalue weighted by Crippen LogP contribution is 2.26. The molecular formula is C16H15N5. The largest absolute Gasteiger partial charge is 0.353 e. The van der Waals surface area contributed by atoms with Gasteiger partial charge in [-0.25, -0.2) is 4.98 Å². The Morgan fingerprint density at radius 3 is 2.71 bits per heavy atom. The van der Waals surface area contributed by atoms with Crippen molar-refractivity contribution < 1.29 is 0 Å². The average molecular weight is 277 g/mol. The molecule has 104 valence electrons. The van der Waals surface area contributed by atoms with Gasteiger partial charge >= 0.3 is 0 Å². The van der Waals surface area contributed by atoms with Crippen molar-refractivity contribution in [3.63, 3.8) is 0 Å². The summed E-state index contributed by atoms with van der Waals surface area (Å²) in [4.78, 5) is 7.71. The van der Waals surface area contributed by atoms with Crippen molar-refractivity contribution in [3.8, 4) is 22.8 Å². The fraction of sp³-hybridized carbons (Fsp3) is 0.125. The molecule has 0 unspecified atom stereocenters. The topological polar surface area (TPSA) is 62.3 Å². The van der Waals surface area contributed by atoms with Gasteiger partial charge in [-0.05, 0) is 25.1 Å². The average Bonchev–Trinajstić information content (AvgIpc) is 3.18. The fourth-order valence-corrected chi connectivity index (χ4v) is 2.55. The zero-order valence-corrected chi connectivity index (χ0v) is 11.9. The Balaban J connectivity index is 1.78. The summed E-state index contributed by atoms with van der Waals surface area (Å²) in [7, 11) is 2.00. The monoisotopic (exact) mass is 277 g/mol. The lowest BCUT2D eigenvalue weighted by atomic mass is 10.2. The van der Waals surface area contributed by atoms with Gasteiger partial charge in [-0.3, -0.25) is 5.10 Å². The predicted molar refractivity (Wildman–Crippen MR) is 82.8 cm³/mol. The van der Waals surface area contributed by atoms with Crippen molar-refractivity contribution in [2.24, 2.45) is 7.05 Å². The fourth-order valence-electron chi connectivity index (χ4n) is 2.55. The Bertz CT molecular complexity index is 892. The minimum absolute atomic E-state index is 0.903. The number of hydrogen-bond acceptors (Lipinski definition) is 2. The van der Waals surface area contributed by atoms with Gasteiger partial charge in [0.2, 0.25) is 0 Å². The van der Waals surface area contributed by atoms with Crippen LogP contribution in [0.25, 0.3) is 33.7 Å². The van der Waals surface area contributed by atoms with Crippen LogP contribution >= 0.6 is 0 Å². The molecule has 0 aliphatic rings. The van der Waals surface area contributed by atoms with Gasteiger partial charge < -0.3 is 9.55 Å². The van der Waals surface area contributed by atoms with Crippen molar-refractivity contribution in [2.75, 3.05) is 0 Å². The summed E-state index contributed by atoms with van der Waals surface area (Å²) in [5.74, 6) is 0.978. The van der Waals surface area contributed by atoms with E-state index in [1.165, 1.54) is 5.39 Å². The number of nitrogens with one attached hydrogen (secondary N) is 2. The summed E-state index contributed by atoms with van der Waals surface area (Å²) in [5, 5.41) is 8.69. The maximum Gasteiger partial charge on any atom is 0.109 e. The van der Waals surface area contributed by atoms with Crippen LogP contribution < -0.4 is 0 Å². The maximum atomic E-state index is 4.41. The van der Waals surface area contributed by atoms with E-state index in [4.69, 9.17) is 0 Å². The Labute approximate surface area is 121 Å². The molecule has 4 aromatic rings. The normalized spacial score (nSPS) is 11.3. The highest BCUT2D eigenvalue weighted by Gasteiger charge is 2.11. The molecule has 21 heavy (non-hydrogen) atoms. The Morgan fingerprint density at radius 1 is 1.10 bits per heavy atom. The van der Waals surface area contributed by atoms with Crippen molar-refractivity contribution >= 4 is 10.9 Å². The minimum Gasteiger partial charge on any atom is -0.353 e. The molecule has 0 aliphatic heterocycles. The number of benzene rings is 1. The van der Waals surface area contributed by atoms with E-state index in [1.54, 1.807) is 0 Å². The number of fused-ring (bicyclic) bond motifs is 1. The van der Waals surface area contributed by atoms with Gasteiger partial charge in [0.25, 0.3) is 0 Å². The number of aromatic nitrogens is 5. The summed E-state index contributed by atoms with van der Waals surface area (Å²) in [6.07, 6.45) is 1.86. The van der Waals surface area contributed by atoms with Crippen LogP contribution in [-0.2, 0) is 7.05 Å². The second kappa shape index (κ2) is 4.34. The van der Waals surface area contributed by atoms with Crippen LogP contribution in [0.3, 0.4) is 0 Å². The van der Waals surface area contributed by atoms with Gasteiger partial charge in [-0.15, -0.1) is 0 Å². The first-order valence-corrected chi connectivity index (χ1v) is 6.84. The van der Waals surface area contributed by atoms with Crippen LogP contribution in [0.1, 0.15) is 5.82 Å². The van der Waals surface area contributed by atoms with Crippen LogP contribution in [0, 0.1) is 6.92 Å². The molecule has 0 fully saturated rings. The number of aromatic amines is 2. The van der Waals surface area contributed by atoms with E-state index in [-0.39, 0.29) is 0 Å². The maximum absolute atomic E-state index is 4.41. The third-order valence-corrected chi connectivity index (χ3v) is 3.88. The number of rotatable bonds is 2. The molecule has 4 rings (SSSR count). The van der Waals surface area contributed by atoms with Gasteiger partial charge in [-0.2, -0.15) is 5.10 Å². The zero-order valence-electron chi connectivity index (χ0n) is 11.9. The SMILES string of the molecule is Cc1ncc(-c2cc(-c3cc4ccccc4[nH]3)n[nH]2)n1C. The molecular weight excluding hydrogens is 262 g/mol. The van der Waals surface area contributed by atoms with Crippen LogP contribution in [0.4, 0.5) is 0 Å². The number of aryl methyl sites for hydroxylation is 1. The van der Waals surface area contributed by atoms with Crippen LogP contribution in [-0.4, -0.2) is 24.7 Å². The van der Waals surface area contributed by atoms with Gasteiger partial charge in [-0.1, -0.05) is 18.2 Å². The molecule has 3 aromatic heterocycles. The molecule has 0 saturated carbocycles. The van der Waals surface area contributed by atoms with Crippen LogP contribution in [0.5, 0.6) is 0 Å². The number of nitrogens with zero attached hydrogens (tertiary/aromatic N) is 3. The highest BCUT2D eigenvalue weighted by atomic mass is 15.2. The first-order chi connectivity index (χ1) is 10.2. The molecule has 3 heterocycles. The highest BCUT2D eigenvalue weighted by molar-refractivity contribution is 5.85. The molecule has 0 spiro atoms. The quantitative estimate of drug-likeness (QED) is 0.590. The summed E-state index contributed by atoms with van der Waals surface area (Å²) in [5.41, 5.74) is 5.03. The van der Waals surface area contributed by atoms with Crippen molar-refractivity contribution in [1.82, 2.24) is 24.7 Å². The molecule has 0 aliphatic carbocycles. The molecule has 0 radical (unpaired) electrons. The van der Waals surface area contributed by atoms with Crippen molar-refractivity contribution in [1.29, 1.82) is 0 Å². The van der Waals surface area contributed by atoms with E-state index >= 15 is 0 Å². The standard InChI is InChI=1S/C16H15N5/c1-10-17-9-16(21(10)2)15-8-14(19-20-15)13-7-11-5-3-4-6-12(11)18-13/h3-9,18H,1-2H3,(H,19,20). The second-order valence-corrected chi connectivity index (χ2v) is 5.19. The lowest BCUT2D eigenvalue weighted by Gasteiger charge is -1.99. The molecule has 5 nitrogen and oxygen atoms in total. The Morgan fingerprint density at radius 2 is 1.95 bits per heavy atom. The molecule has 5 heteroatoms. The number of hydrogen-bond donors (Lipinski definition) is 2. The molecule has 1 aromatic carbocycles. The molecule has 0 bridgehead atoms. The first kappa shape index (κ1) is 12.0. The van der Waals surface area contributed by atoms with Gasteiger partial charge in [0.05, 0.1) is 23.3 Å². The minimum atomic E-state index is 0.903. The van der Waals surface area contributed by atoms with E-state index in [1.807, 2.05) is 42.9 Å². The van der Waals surface area contributed by atoms with Gasteiger partial charge in [0, 0.05) is 18.0 Å². The molecule has 2 N–H and O–H groups in total. The van der Waals surface area contributed by atoms with E-state index in [9.17, 15) is 0 Å². The van der Waals surface area contributed by atoms with E-state index < -0.39 is 0 Å². The van der Waals surface area contributed by atoms with E-state index in [2.05, 4.69) is 38.4 Å². The zero-order chi connectivity index (χ0) is 14.4. The predicted octanol–water partition coefficient (Wildman–Crippen LogP) is 3.27. The van der Waals surface area contributed by atoms with Crippen molar-refractivity contribution in [2.45, 2.75) is 6.92 Å². The number of para-hydroxylation sites is 1. The Kier molecular flexibility index (Phi) is 2.47. The lowest BCUT2D eigenvalue weighted by molar-refractivity contribution is 0.860. The van der Waals surface area contributed by atoms with Crippen LogP contribution in [0.15, 0.2) is 42.6 Å². The van der Waals surface area contributed by atoms with E-state index in [0.717, 1.165) is 34.1 Å². The van der Waals surface area contributed by atoms with Crippen molar-refractivity contribution in [3.05, 3.63) is 48.4 Å². The third-order valence-electron chi connectivity index (χ3n) is 3.88. The molecule has 0 atom stereocenters. The van der Waals surface area contributed by atoms with Gasteiger partial charge in [0.1, 0.15) is 11.5 Å². The summed E-state index contributed by atoms with van der Waals surface area (Å²) < 4.78 is 2.04. The Hall–Kier alpha value is -2.82. The van der Waals surface area contributed by atoms with Gasteiger partial charge in [0.15, 0.2) is 0 Å². The number of imidazole rings is 1. The lowest BCUT2D eigenvalue weighted by Crippen LogP contribution is -1.94. The first-order valence-electron chi connectivity index (χ1n) is 6.84. The summed E-state index contributed by atoms with van der Waals surface area (Å²) in [6.45, 7) is 1.98. The molecule has 0 amide bonds. The smallest absolute Gasteiger partial charge is 0.109 e. The number of H-pyrrole nitrogens is 2. The third kappa shape index (κ3) is 1.86.